The number of anilines is 1. The first-order valence-corrected chi connectivity index (χ1v) is 16.7. The van der Waals surface area contributed by atoms with E-state index in [-0.39, 0.29) is 36.2 Å². The van der Waals surface area contributed by atoms with Gasteiger partial charge in [-0.1, -0.05) is 60.7 Å². The number of ether oxygens (including phenoxy) is 2. The largest absolute Gasteiger partial charge is 0.457 e. The number of hydrogen-bond donors (Lipinski definition) is 3. The molecule has 0 saturated carbocycles. The first-order chi connectivity index (χ1) is 23.0. The molecular weight excluding hydrogens is 592 g/mol. The summed E-state index contributed by atoms with van der Waals surface area (Å²) < 4.78 is 11.5. The quantitative estimate of drug-likeness (QED) is 0.312. The van der Waals surface area contributed by atoms with Crippen LogP contribution in [0.5, 0.6) is 11.5 Å². The van der Waals surface area contributed by atoms with Crippen LogP contribution in [0.1, 0.15) is 37.7 Å². The van der Waals surface area contributed by atoms with E-state index in [1.807, 2.05) is 84.9 Å². The Morgan fingerprint density at radius 1 is 0.894 bits per heavy atom. The molecule has 9 heteroatoms. The summed E-state index contributed by atoms with van der Waals surface area (Å²) in [5, 5.41) is 9.47. The van der Waals surface area contributed by atoms with E-state index in [0.717, 1.165) is 24.2 Å². The standard InChI is InChI=1S/C38H44N4O5/c43-35(39-30-14-16-32(17-15-30)47-31-12-5-2-6-13-31)27-42-22-18-33-29(26-42)11-7-8-19-38(20-23-46-24-21-38)37(45)41-34(36(44)40-33)25-28-9-3-1-4-10-28/h1-10,12-17,29,33-34H,11,18-27H2,(H,39,43)(H,40,44)(H,41,45)/b8-7+/t29-,33+,34-/m1/s1. The van der Waals surface area contributed by atoms with Gasteiger partial charge in [0.25, 0.3) is 0 Å². The molecule has 3 atom stereocenters. The molecular formula is C38H44N4O5. The maximum absolute atomic E-state index is 13.8. The van der Waals surface area contributed by atoms with E-state index >= 15 is 0 Å². The fourth-order valence-corrected chi connectivity index (χ4v) is 6.83. The monoisotopic (exact) mass is 636 g/mol. The van der Waals surface area contributed by atoms with Gasteiger partial charge in [-0.15, -0.1) is 0 Å². The Balaban J connectivity index is 1.11. The summed E-state index contributed by atoms with van der Waals surface area (Å²) in [7, 11) is 0. The number of benzene rings is 3. The molecule has 246 valence electrons. The number of carbonyl (C=O) groups excluding carboxylic acids is 3. The minimum atomic E-state index is -0.679. The number of fused-ring (bicyclic) bond motifs is 1. The molecule has 3 aromatic rings. The van der Waals surface area contributed by atoms with Crippen molar-refractivity contribution in [2.45, 2.75) is 50.6 Å². The van der Waals surface area contributed by atoms with Crippen LogP contribution >= 0.6 is 0 Å². The van der Waals surface area contributed by atoms with Crippen LogP contribution in [0.2, 0.25) is 0 Å². The third-order valence-corrected chi connectivity index (χ3v) is 9.58. The zero-order valence-electron chi connectivity index (χ0n) is 26.7. The number of amides is 3. The lowest BCUT2D eigenvalue weighted by Crippen LogP contribution is -2.58. The minimum Gasteiger partial charge on any atom is -0.457 e. The third kappa shape index (κ3) is 8.67. The Morgan fingerprint density at radius 2 is 1.60 bits per heavy atom. The zero-order chi connectivity index (χ0) is 32.5. The second-order valence-electron chi connectivity index (χ2n) is 12.9. The maximum Gasteiger partial charge on any atom is 0.243 e. The SMILES string of the molecule is O=C(CN1CC[C@@H]2NC(=O)[C@@H](Cc3ccccc3)NC(=O)C3(C/C=C/C[C@@H]2C1)CCOCC3)Nc1ccc(Oc2ccccc2)cc1. The lowest BCUT2D eigenvalue weighted by Gasteiger charge is -2.40. The van der Waals surface area contributed by atoms with E-state index in [0.29, 0.717) is 63.4 Å². The number of piperidine rings is 1. The molecule has 0 unspecified atom stereocenters. The van der Waals surface area contributed by atoms with Crippen molar-refractivity contribution in [2.75, 3.05) is 38.2 Å². The highest BCUT2D eigenvalue weighted by atomic mass is 16.5. The molecule has 3 N–H and O–H groups in total. The highest BCUT2D eigenvalue weighted by molar-refractivity contribution is 5.92. The smallest absolute Gasteiger partial charge is 0.243 e. The summed E-state index contributed by atoms with van der Waals surface area (Å²) in [6.45, 7) is 2.69. The van der Waals surface area contributed by atoms with Crippen LogP contribution in [-0.2, 0) is 25.5 Å². The van der Waals surface area contributed by atoms with Crippen LogP contribution in [0, 0.1) is 11.3 Å². The number of rotatable bonds is 7. The molecule has 9 nitrogen and oxygen atoms in total. The van der Waals surface area contributed by atoms with Gasteiger partial charge in [0.2, 0.25) is 17.7 Å². The van der Waals surface area contributed by atoms with E-state index in [2.05, 4.69) is 33.0 Å². The Bertz CT molecular complexity index is 1520. The zero-order valence-corrected chi connectivity index (χ0v) is 26.7. The highest BCUT2D eigenvalue weighted by Gasteiger charge is 2.41. The van der Waals surface area contributed by atoms with E-state index in [1.165, 1.54) is 0 Å². The van der Waals surface area contributed by atoms with Crippen LogP contribution in [0.25, 0.3) is 0 Å². The van der Waals surface area contributed by atoms with Gasteiger partial charge in [0.05, 0.1) is 12.0 Å². The number of hydrogen-bond acceptors (Lipinski definition) is 6. The van der Waals surface area contributed by atoms with E-state index < -0.39 is 11.5 Å². The predicted octanol–water partition coefficient (Wildman–Crippen LogP) is 5.10. The molecule has 0 aromatic heterocycles. The molecule has 2 fully saturated rings. The molecule has 6 rings (SSSR count). The first kappa shape index (κ1) is 32.5. The second-order valence-corrected chi connectivity index (χ2v) is 12.9. The number of likely N-dealkylation sites (tertiary alicyclic amines) is 1. The Kier molecular flexibility index (Phi) is 10.6. The van der Waals surface area contributed by atoms with Crippen molar-refractivity contribution in [2.24, 2.45) is 11.3 Å². The number of nitrogens with zero attached hydrogens (tertiary/aromatic N) is 1. The third-order valence-electron chi connectivity index (χ3n) is 9.58. The molecule has 0 aliphatic carbocycles. The average Bonchev–Trinajstić information content (AvgIpc) is 3.09. The summed E-state index contributed by atoms with van der Waals surface area (Å²) in [5.41, 5.74) is 1.11. The summed E-state index contributed by atoms with van der Waals surface area (Å²) >= 11 is 0. The summed E-state index contributed by atoms with van der Waals surface area (Å²) in [5.74, 6) is 1.27. The molecule has 3 heterocycles. The van der Waals surface area contributed by atoms with Gasteiger partial charge >= 0.3 is 0 Å². The van der Waals surface area contributed by atoms with Crippen LogP contribution < -0.4 is 20.7 Å². The molecule has 3 aliphatic heterocycles. The highest BCUT2D eigenvalue weighted by Crippen LogP contribution is 2.36. The molecule has 3 aliphatic rings. The van der Waals surface area contributed by atoms with Gasteiger partial charge in [-0.25, -0.2) is 0 Å². The Labute approximate surface area is 276 Å². The number of allylic oxidation sites excluding steroid dienone is 2. The summed E-state index contributed by atoms with van der Waals surface area (Å²) in [6, 6.07) is 26.0. The van der Waals surface area contributed by atoms with Crippen molar-refractivity contribution < 1.29 is 23.9 Å². The summed E-state index contributed by atoms with van der Waals surface area (Å²) in [6.07, 6.45) is 8.04. The van der Waals surface area contributed by atoms with Gasteiger partial charge in [-0.3, -0.25) is 19.3 Å². The molecule has 2 saturated heterocycles. The normalized spacial score (nSPS) is 24.0. The van der Waals surface area contributed by atoms with Crippen molar-refractivity contribution in [1.82, 2.24) is 15.5 Å². The van der Waals surface area contributed by atoms with E-state index in [4.69, 9.17) is 9.47 Å². The number of para-hydroxylation sites is 1. The van der Waals surface area contributed by atoms with Gasteiger partial charge in [0.15, 0.2) is 0 Å². The molecule has 3 aromatic carbocycles. The molecule has 0 radical (unpaired) electrons. The topological polar surface area (TPSA) is 109 Å². The van der Waals surface area contributed by atoms with E-state index in [9.17, 15) is 14.4 Å². The lowest BCUT2D eigenvalue weighted by atomic mass is 9.75. The molecule has 0 bridgehead atoms. The van der Waals surface area contributed by atoms with Gasteiger partial charge in [0.1, 0.15) is 17.5 Å². The fourth-order valence-electron chi connectivity index (χ4n) is 6.83. The lowest BCUT2D eigenvalue weighted by molar-refractivity contribution is -0.140. The van der Waals surface area contributed by atoms with Gasteiger partial charge in [-0.05, 0) is 80.0 Å². The van der Waals surface area contributed by atoms with Crippen molar-refractivity contribution in [3.05, 3.63) is 103 Å². The predicted molar refractivity (Wildman–Crippen MR) is 181 cm³/mol. The van der Waals surface area contributed by atoms with Crippen LogP contribution in [0.15, 0.2) is 97.1 Å². The van der Waals surface area contributed by atoms with Crippen LogP contribution in [-0.4, -0.2) is 67.6 Å². The van der Waals surface area contributed by atoms with Crippen molar-refractivity contribution >= 4 is 23.4 Å². The van der Waals surface area contributed by atoms with Crippen LogP contribution in [0.4, 0.5) is 5.69 Å². The number of carbonyl (C=O) groups is 3. The van der Waals surface area contributed by atoms with Crippen molar-refractivity contribution in [3.8, 4) is 11.5 Å². The molecule has 47 heavy (non-hydrogen) atoms. The number of nitrogens with one attached hydrogen (secondary N) is 3. The van der Waals surface area contributed by atoms with Gasteiger partial charge < -0.3 is 25.4 Å². The van der Waals surface area contributed by atoms with Crippen molar-refractivity contribution in [3.63, 3.8) is 0 Å². The van der Waals surface area contributed by atoms with Gasteiger partial charge in [0, 0.05) is 44.5 Å². The second kappa shape index (κ2) is 15.4. The van der Waals surface area contributed by atoms with Crippen molar-refractivity contribution in [1.29, 1.82) is 0 Å². The van der Waals surface area contributed by atoms with Gasteiger partial charge in [-0.2, -0.15) is 0 Å². The maximum atomic E-state index is 13.8. The Hall–Kier alpha value is -4.47. The van der Waals surface area contributed by atoms with Crippen LogP contribution in [0.3, 0.4) is 0 Å². The first-order valence-electron chi connectivity index (χ1n) is 16.7. The molecule has 1 spiro atoms. The minimum absolute atomic E-state index is 0.0599. The molecule has 3 amide bonds. The Morgan fingerprint density at radius 3 is 2.34 bits per heavy atom. The average molecular weight is 637 g/mol. The fraction of sp³-hybridized carbons (Fsp3) is 0.395. The van der Waals surface area contributed by atoms with E-state index in [1.54, 1.807) is 0 Å². The summed E-state index contributed by atoms with van der Waals surface area (Å²) in [4.78, 5) is 42.9.